The molecule has 1 aliphatic rings. The Bertz CT molecular complexity index is 1030. The highest BCUT2D eigenvalue weighted by atomic mass is 32.1. The number of rotatable bonds is 4. The molecule has 152 valence electrons. The van der Waals surface area contributed by atoms with E-state index in [0.717, 1.165) is 11.4 Å². The van der Waals surface area contributed by atoms with Crippen molar-refractivity contribution in [2.45, 2.75) is 6.10 Å². The van der Waals surface area contributed by atoms with E-state index in [9.17, 15) is 4.79 Å². The second-order valence-corrected chi connectivity index (χ2v) is 6.78. The lowest BCUT2D eigenvalue weighted by Gasteiger charge is -2.25. The van der Waals surface area contributed by atoms with Crippen LogP contribution in [0.1, 0.15) is 0 Å². The van der Waals surface area contributed by atoms with Crippen molar-refractivity contribution in [1.29, 1.82) is 0 Å². The Hall–Kier alpha value is -3.78. The lowest BCUT2D eigenvalue weighted by atomic mass is 10.2. The number of carbonyl (C=O) groups excluding carboxylic acids is 1. The first-order valence-corrected chi connectivity index (χ1v) is 9.66. The van der Waals surface area contributed by atoms with Gasteiger partial charge in [-0.25, -0.2) is 0 Å². The summed E-state index contributed by atoms with van der Waals surface area (Å²) >= 11 is 5.22. The van der Waals surface area contributed by atoms with Gasteiger partial charge >= 0.3 is 0 Å². The Morgan fingerprint density at radius 2 is 1.53 bits per heavy atom. The molecule has 0 saturated carbocycles. The van der Waals surface area contributed by atoms with E-state index in [1.165, 1.54) is 0 Å². The zero-order valence-electron chi connectivity index (χ0n) is 15.8. The summed E-state index contributed by atoms with van der Waals surface area (Å²) in [5.41, 5.74) is 5.93. The van der Waals surface area contributed by atoms with Gasteiger partial charge in [0.05, 0.1) is 0 Å². The molecule has 3 N–H and O–H groups in total. The minimum atomic E-state index is -0.774. The number of hydrogen-bond donors (Lipinski definition) is 3. The summed E-state index contributed by atoms with van der Waals surface area (Å²) in [5, 5.41) is 3.22. The first-order valence-electron chi connectivity index (χ1n) is 9.26. The Labute approximate surface area is 178 Å². The number of nitrogens with one attached hydrogen (secondary N) is 3. The quantitative estimate of drug-likeness (QED) is 0.438. The van der Waals surface area contributed by atoms with Crippen LogP contribution in [-0.4, -0.2) is 23.7 Å². The molecule has 1 heterocycles. The van der Waals surface area contributed by atoms with Crippen LogP contribution in [0.15, 0.2) is 78.9 Å². The Kier molecular flexibility index (Phi) is 5.95. The molecule has 0 bridgehead atoms. The van der Waals surface area contributed by atoms with Crippen molar-refractivity contribution < 1.29 is 19.0 Å². The number of hydrazine groups is 1. The maximum absolute atomic E-state index is 12.3. The van der Waals surface area contributed by atoms with Gasteiger partial charge in [0.25, 0.3) is 5.91 Å². The predicted molar refractivity (Wildman–Crippen MR) is 117 cm³/mol. The summed E-state index contributed by atoms with van der Waals surface area (Å²) in [6.45, 7) is 0.119. The number of benzene rings is 3. The highest BCUT2D eigenvalue weighted by molar-refractivity contribution is 7.80. The molecular weight excluding hydrogens is 402 g/mol. The Morgan fingerprint density at radius 1 is 0.867 bits per heavy atom. The monoisotopic (exact) mass is 421 g/mol. The number of para-hydroxylation sites is 3. The minimum Gasteiger partial charge on any atom is -0.485 e. The zero-order chi connectivity index (χ0) is 20.8. The van der Waals surface area contributed by atoms with Gasteiger partial charge in [-0.3, -0.25) is 15.6 Å². The van der Waals surface area contributed by atoms with E-state index in [4.69, 9.17) is 26.4 Å². The van der Waals surface area contributed by atoms with Crippen LogP contribution in [0.25, 0.3) is 0 Å². The Morgan fingerprint density at radius 3 is 2.30 bits per heavy atom. The fraction of sp³-hybridized carbons (Fsp3) is 0.0909. The van der Waals surface area contributed by atoms with Gasteiger partial charge in [-0.15, -0.1) is 0 Å². The van der Waals surface area contributed by atoms with Crippen molar-refractivity contribution in [3.8, 4) is 23.0 Å². The van der Waals surface area contributed by atoms with Crippen molar-refractivity contribution in [1.82, 2.24) is 10.9 Å². The molecular formula is C22H19N3O4S. The number of amides is 1. The van der Waals surface area contributed by atoms with E-state index in [-0.39, 0.29) is 17.6 Å². The van der Waals surface area contributed by atoms with E-state index >= 15 is 0 Å². The summed E-state index contributed by atoms with van der Waals surface area (Å²) < 4.78 is 16.9. The lowest BCUT2D eigenvalue weighted by molar-refractivity contribution is -0.130. The van der Waals surface area contributed by atoms with Crippen LogP contribution >= 0.6 is 12.2 Å². The fourth-order valence-electron chi connectivity index (χ4n) is 2.74. The van der Waals surface area contributed by atoms with E-state index in [0.29, 0.717) is 17.2 Å². The van der Waals surface area contributed by atoms with Gasteiger partial charge in [0.2, 0.25) is 6.10 Å². The van der Waals surface area contributed by atoms with E-state index in [1.807, 2.05) is 66.7 Å². The van der Waals surface area contributed by atoms with Crippen molar-refractivity contribution in [3.05, 3.63) is 78.9 Å². The van der Waals surface area contributed by atoms with Gasteiger partial charge in [0, 0.05) is 5.69 Å². The van der Waals surface area contributed by atoms with Gasteiger partial charge in [-0.1, -0.05) is 30.3 Å². The van der Waals surface area contributed by atoms with Crippen LogP contribution < -0.4 is 30.4 Å². The molecule has 1 aliphatic heterocycles. The van der Waals surface area contributed by atoms with Crippen LogP contribution in [0.3, 0.4) is 0 Å². The van der Waals surface area contributed by atoms with Crippen LogP contribution in [0.5, 0.6) is 23.0 Å². The lowest BCUT2D eigenvalue weighted by Crippen LogP contribution is -2.51. The third kappa shape index (κ3) is 4.98. The van der Waals surface area contributed by atoms with E-state index in [1.54, 1.807) is 12.1 Å². The van der Waals surface area contributed by atoms with Gasteiger partial charge < -0.3 is 19.5 Å². The molecule has 3 aromatic rings. The number of carbonyl (C=O) groups is 1. The highest BCUT2D eigenvalue weighted by Gasteiger charge is 2.27. The zero-order valence-corrected chi connectivity index (χ0v) is 16.6. The molecule has 0 radical (unpaired) electrons. The molecule has 30 heavy (non-hydrogen) atoms. The number of ether oxygens (including phenoxy) is 3. The second-order valence-electron chi connectivity index (χ2n) is 6.37. The summed E-state index contributed by atoms with van der Waals surface area (Å²) in [4.78, 5) is 12.3. The summed E-state index contributed by atoms with van der Waals surface area (Å²) in [6, 6.07) is 24.0. The fourth-order valence-corrected chi connectivity index (χ4v) is 2.91. The smallest absolute Gasteiger partial charge is 0.283 e. The molecule has 7 nitrogen and oxygen atoms in total. The highest BCUT2D eigenvalue weighted by Crippen LogP contribution is 2.30. The minimum absolute atomic E-state index is 0.119. The predicted octanol–water partition coefficient (Wildman–Crippen LogP) is 3.64. The van der Waals surface area contributed by atoms with Gasteiger partial charge in [0.1, 0.15) is 18.1 Å². The summed E-state index contributed by atoms with van der Waals surface area (Å²) in [7, 11) is 0. The average molecular weight is 421 g/mol. The third-order valence-electron chi connectivity index (χ3n) is 4.19. The standard InChI is InChI=1S/C22H19N3O4S/c26-21(20-14-27-18-8-4-5-9-19(18)29-20)24-25-22(30)23-15-10-12-17(13-11-15)28-16-6-2-1-3-7-16/h1-13,20H,14H2,(H,24,26)(H2,23,25,30). The van der Waals surface area contributed by atoms with Crippen LogP contribution in [0.2, 0.25) is 0 Å². The number of thiocarbonyl (C=S) groups is 1. The van der Waals surface area contributed by atoms with Gasteiger partial charge in [0.15, 0.2) is 16.6 Å². The van der Waals surface area contributed by atoms with Crippen LogP contribution in [0.4, 0.5) is 5.69 Å². The molecule has 0 aromatic heterocycles. The molecule has 3 aromatic carbocycles. The largest absolute Gasteiger partial charge is 0.485 e. The number of fused-ring (bicyclic) bond motifs is 1. The van der Waals surface area contributed by atoms with Crippen molar-refractivity contribution in [2.75, 3.05) is 11.9 Å². The first kappa shape index (κ1) is 19.5. The Balaban J connectivity index is 1.24. The maximum Gasteiger partial charge on any atom is 0.283 e. The number of anilines is 1. The number of hydrogen-bond acceptors (Lipinski definition) is 5. The summed E-state index contributed by atoms with van der Waals surface area (Å²) in [5.74, 6) is 2.22. The van der Waals surface area contributed by atoms with E-state index < -0.39 is 6.10 Å². The summed E-state index contributed by atoms with van der Waals surface area (Å²) in [6.07, 6.45) is -0.774. The van der Waals surface area contributed by atoms with Gasteiger partial charge in [-0.05, 0) is 60.7 Å². The van der Waals surface area contributed by atoms with E-state index in [2.05, 4.69) is 16.2 Å². The topological polar surface area (TPSA) is 80.9 Å². The normalized spacial score (nSPS) is 14.3. The molecule has 4 rings (SSSR count). The van der Waals surface area contributed by atoms with Crippen molar-refractivity contribution >= 4 is 28.9 Å². The molecule has 1 amide bonds. The molecule has 0 spiro atoms. The van der Waals surface area contributed by atoms with Crippen LogP contribution in [-0.2, 0) is 4.79 Å². The molecule has 0 fully saturated rings. The third-order valence-corrected chi connectivity index (χ3v) is 4.40. The molecule has 1 unspecified atom stereocenters. The maximum atomic E-state index is 12.3. The SMILES string of the molecule is O=C(NNC(=S)Nc1ccc(Oc2ccccc2)cc1)C1COc2ccccc2O1. The average Bonchev–Trinajstić information content (AvgIpc) is 2.79. The molecule has 0 saturated heterocycles. The molecule has 8 heteroatoms. The van der Waals surface area contributed by atoms with Crippen molar-refractivity contribution in [2.24, 2.45) is 0 Å². The van der Waals surface area contributed by atoms with Gasteiger partial charge in [-0.2, -0.15) is 0 Å². The van der Waals surface area contributed by atoms with Crippen molar-refractivity contribution in [3.63, 3.8) is 0 Å². The van der Waals surface area contributed by atoms with Crippen LogP contribution in [0, 0.1) is 0 Å². The second kappa shape index (κ2) is 9.15. The first-order chi connectivity index (χ1) is 14.7. The molecule has 0 aliphatic carbocycles. The molecule has 1 atom stereocenters.